The molecule has 5 heteroatoms. The van der Waals surface area contributed by atoms with Crippen LogP contribution in [0.5, 0.6) is 0 Å². The Balaban J connectivity index is 1.72. The van der Waals surface area contributed by atoms with Crippen molar-refractivity contribution in [2.45, 2.75) is 13.5 Å². The Morgan fingerprint density at radius 3 is 2.48 bits per heavy atom. The quantitative estimate of drug-likeness (QED) is 0.445. The van der Waals surface area contributed by atoms with Crippen molar-refractivity contribution in [1.29, 1.82) is 0 Å². The standard InChI is InChI=1S/C22H17FN4/c1-2-26-20-6-4-3-5-18(20)19-13-17(11-12-21(19)26)27-22(14-24-25-27)15-7-9-16(23)10-8-15/h3-14H,2H2,1H3. The summed E-state index contributed by atoms with van der Waals surface area (Å²) in [5.74, 6) is -0.258. The maximum Gasteiger partial charge on any atom is 0.123 e. The van der Waals surface area contributed by atoms with E-state index in [-0.39, 0.29) is 5.82 Å². The average Bonchev–Trinajstić information content (AvgIpc) is 3.31. The second-order valence-electron chi connectivity index (χ2n) is 6.50. The smallest absolute Gasteiger partial charge is 0.123 e. The van der Waals surface area contributed by atoms with Gasteiger partial charge < -0.3 is 4.57 Å². The Morgan fingerprint density at radius 1 is 0.889 bits per heavy atom. The minimum Gasteiger partial charge on any atom is -0.341 e. The lowest BCUT2D eigenvalue weighted by molar-refractivity contribution is 0.628. The first-order chi connectivity index (χ1) is 13.3. The number of benzene rings is 3. The van der Waals surface area contributed by atoms with Gasteiger partial charge in [-0.15, -0.1) is 5.10 Å². The van der Waals surface area contributed by atoms with Gasteiger partial charge in [0.15, 0.2) is 0 Å². The van der Waals surface area contributed by atoms with Crippen LogP contribution in [0.4, 0.5) is 4.39 Å². The first kappa shape index (κ1) is 15.8. The Bertz CT molecular complexity index is 1260. The molecule has 0 N–H and O–H groups in total. The van der Waals surface area contributed by atoms with Crippen LogP contribution in [0.3, 0.4) is 0 Å². The summed E-state index contributed by atoms with van der Waals surface area (Å²) in [7, 11) is 0. The fraction of sp³-hybridized carbons (Fsp3) is 0.0909. The zero-order valence-electron chi connectivity index (χ0n) is 14.8. The maximum atomic E-state index is 13.3. The molecule has 3 aromatic carbocycles. The van der Waals surface area contributed by atoms with Crippen molar-refractivity contribution in [2.75, 3.05) is 0 Å². The zero-order chi connectivity index (χ0) is 18.4. The first-order valence-electron chi connectivity index (χ1n) is 8.94. The van der Waals surface area contributed by atoms with Crippen LogP contribution in [0.15, 0.2) is 72.9 Å². The van der Waals surface area contributed by atoms with Crippen LogP contribution in [0.2, 0.25) is 0 Å². The van der Waals surface area contributed by atoms with E-state index < -0.39 is 0 Å². The number of hydrogen-bond donors (Lipinski definition) is 0. The molecule has 0 atom stereocenters. The summed E-state index contributed by atoms with van der Waals surface area (Å²) in [6.07, 6.45) is 1.70. The summed E-state index contributed by atoms with van der Waals surface area (Å²) in [6.45, 7) is 3.07. The molecule has 0 radical (unpaired) electrons. The van der Waals surface area contributed by atoms with Crippen molar-refractivity contribution in [3.63, 3.8) is 0 Å². The molecule has 132 valence electrons. The third-order valence-electron chi connectivity index (χ3n) is 5.01. The van der Waals surface area contributed by atoms with E-state index in [2.05, 4.69) is 64.3 Å². The summed E-state index contributed by atoms with van der Waals surface area (Å²) in [4.78, 5) is 0. The minimum atomic E-state index is -0.258. The van der Waals surface area contributed by atoms with Crippen molar-refractivity contribution in [2.24, 2.45) is 0 Å². The fourth-order valence-electron chi connectivity index (χ4n) is 3.76. The van der Waals surface area contributed by atoms with Crippen molar-refractivity contribution in [1.82, 2.24) is 19.6 Å². The SMILES string of the molecule is CCn1c2ccccc2c2cc(-n3nncc3-c3ccc(F)cc3)ccc21. The van der Waals surface area contributed by atoms with E-state index in [4.69, 9.17) is 0 Å². The molecule has 0 saturated carbocycles. The highest BCUT2D eigenvalue weighted by molar-refractivity contribution is 6.08. The van der Waals surface area contributed by atoms with Crippen LogP contribution in [-0.4, -0.2) is 19.6 Å². The van der Waals surface area contributed by atoms with Gasteiger partial charge in [0.05, 0.1) is 17.6 Å². The van der Waals surface area contributed by atoms with Gasteiger partial charge in [-0.05, 0) is 55.5 Å². The molecule has 4 nitrogen and oxygen atoms in total. The van der Waals surface area contributed by atoms with Crippen LogP contribution in [-0.2, 0) is 6.54 Å². The molecule has 0 spiro atoms. The number of aryl methyl sites for hydroxylation is 1. The van der Waals surface area contributed by atoms with E-state index in [1.807, 2.05) is 0 Å². The number of para-hydroxylation sites is 1. The molecule has 0 bridgehead atoms. The topological polar surface area (TPSA) is 35.6 Å². The molecular weight excluding hydrogens is 339 g/mol. The Labute approximate surface area is 155 Å². The Kier molecular flexibility index (Phi) is 3.53. The lowest BCUT2D eigenvalue weighted by Crippen LogP contribution is -1.99. The largest absolute Gasteiger partial charge is 0.341 e. The number of aromatic nitrogens is 4. The Morgan fingerprint density at radius 2 is 1.67 bits per heavy atom. The summed E-state index contributed by atoms with van der Waals surface area (Å²) in [5.41, 5.74) is 5.06. The predicted molar refractivity (Wildman–Crippen MR) is 105 cm³/mol. The van der Waals surface area contributed by atoms with Gasteiger partial charge in [-0.25, -0.2) is 9.07 Å². The van der Waals surface area contributed by atoms with Crippen LogP contribution in [0.25, 0.3) is 38.8 Å². The van der Waals surface area contributed by atoms with Crippen molar-refractivity contribution >= 4 is 21.8 Å². The van der Waals surface area contributed by atoms with Gasteiger partial charge in [-0.1, -0.05) is 23.4 Å². The van der Waals surface area contributed by atoms with E-state index in [1.165, 1.54) is 33.9 Å². The molecule has 0 aliphatic heterocycles. The number of halogens is 1. The number of rotatable bonds is 3. The average molecular weight is 356 g/mol. The molecule has 0 aliphatic rings. The molecule has 0 aliphatic carbocycles. The lowest BCUT2D eigenvalue weighted by atomic mass is 10.1. The molecule has 5 aromatic rings. The number of fused-ring (bicyclic) bond motifs is 3. The highest BCUT2D eigenvalue weighted by Gasteiger charge is 2.13. The van der Waals surface area contributed by atoms with E-state index in [0.29, 0.717) is 0 Å². The van der Waals surface area contributed by atoms with E-state index in [0.717, 1.165) is 23.5 Å². The summed E-state index contributed by atoms with van der Waals surface area (Å²) < 4.78 is 17.4. The molecule has 2 aromatic heterocycles. The van der Waals surface area contributed by atoms with Crippen molar-refractivity contribution in [3.05, 3.63) is 78.7 Å². The second kappa shape index (κ2) is 6.06. The molecule has 5 rings (SSSR count). The highest BCUT2D eigenvalue weighted by atomic mass is 19.1. The van der Waals surface area contributed by atoms with Crippen LogP contribution < -0.4 is 0 Å². The molecule has 0 saturated heterocycles. The lowest BCUT2D eigenvalue weighted by Gasteiger charge is -2.08. The van der Waals surface area contributed by atoms with Gasteiger partial charge in [0.2, 0.25) is 0 Å². The zero-order valence-corrected chi connectivity index (χ0v) is 14.8. The third-order valence-corrected chi connectivity index (χ3v) is 5.01. The molecule has 0 unspecified atom stereocenters. The van der Waals surface area contributed by atoms with E-state index in [1.54, 1.807) is 23.0 Å². The summed E-state index contributed by atoms with van der Waals surface area (Å²) >= 11 is 0. The van der Waals surface area contributed by atoms with E-state index >= 15 is 0 Å². The van der Waals surface area contributed by atoms with Gasteiger partial charge in [0, 0.05) is 33.9 Å². The number of hydrogen-bond acceptors (Lipinski definition) is 2. The van der Waals surface area contributed by atoms with Crippen LogP contribution in [0, 0.1) is 5.82 Å². The Hall–Kier alpha value is -3.47. The van der Waals surface area contributed by atoms with Crippen molar-refractivity contribution < 1.29 is 4.39 Å². The summed E-state index contributed by atoms with van der Waals surface area (Å²) in [5, 5.41) is 10.7. The van der Waals surface area contributed by atoms with Gasteiger partial charge in [-0.2, -0.15) is 0 Å². The molecule has 0 fully saturated rings. The first-order valence-corrected chi connectivity index (χ1v) is 8.94. The van der Waals surface area contributed by atoms with Crippen molar-refractivity contribution in [3.8, 4) is 16.9 Å². The van der Waals surface area contributed by atoms with Gasteiger partial charge in [0.25, 0.3) is 0 Å². The van der Waals surface area contributed by atoms with Crippen LogP contribution >= 0.6 is 0 Å². The summed E-state index contributed by atoms with van der Waals surface area (Å²) in [6, 6.07) is 21.1. The molecule has 27 heavy (non-hydrogen) atoms. The van der Waals surface area contributed by atoms with Gasteiger partial charge in [0.1, 0.15) is 5.82 Å². The molecule has 2 heterocycles. The minimum absolute atomic E-state index is 0.258. The normalized spacial score (nSPS) is 11.5. The van der Waals surface area contributed by atoms with Gasteiger partial charge in [-0.3, -0.25) is 0 Å². The second-order valence-corrected chi connectivity index (χ2v) is 6.50. The molecular formula is C22H17FN4. The third kappa shape index (κ3) is 2.43. The maximum absolute atomic E-state index is 13.3. The monoisotopic (exact) mass is 356 g/mol. The van der Waals surface area contributed by atoms with Gasteiger partial charge >= 0.3 is 0 Å². The highest BCUT2D eigenvalue weighted by Crippen LogP contribution is 2.31. The predicted octanol–water partition coefficient (Wildman–Crippen LogP) is 5.20. The number of nitrogens with zero attached hydrogens (tertiary/aromatic N) is 4. The van der Waals surface area contributed by atoms with E-state index in [9.17, 15) is 4.39 Å². The molecule has 0 amide bonds. The van der Waals surface area contributed by atoms with Crippen LogP contribution in [0.1, 0.15) is 6.92 Å². The fourth-order valence-corrected chi connectivity index (χ4v) is 3.76.